The molecule has 0 saturated heterocycles. The number of carbonyl (C=O) groups is 3. The van der Waals surface area contributed by atoms with Crippen molar-refractivity contribution in [2.45, 2.75) is 13.0 Å². The van der Waals surface area contributed by atoms with Gasteiger partial charge in [-0.25, -0.2) is 10.2 Å². The zero-order valence-electron chi connectivity index (χ0n) is 14.9. The van der Waals surface area contributed by atoms with Gasteiger partial charge in [-0.05, 0) is 30.7 Å². The Hall–Kier alpha value is -3.39. The Kier molecular flexibility index (Phi) is 7.53. The van der Waals surface area contributed by atoms with Crippen LogP contribution in [0.25, 0.3) is 0 Å². The van der Waals surface area contributed by atoms with Crippen LogP contribution in [0.5, 0.6) is 5.75 Å². The minimum Gasteiger partial charge on any atom is -0.481 e. The number of carboxylic acid groups (broad SMARTS) is 1. The number of ether oxygens (including phenoxy) is 1. The van der Waals surface area contributed by atoms with E-state index in [0.29, 0.717) is 10.6 Å². The van der Waals surface area contributed by atoms with E-state index in [1.807, 2.05) is 30.3 Å². The van der Waals surface area contributed by atoms with Crippen molar-refractivity contribution in [2.75, 3.05) is 6.61 Å². The van der Waals surface area contributed by atoms with Gasteiger partial charge in [-0.2, -0.15) is 5.10 Å². The molecule has 2 aromatic rings. The molecule has 1 atom stereocenters. The van der Waals surface area contributed by atoms with Gasteiger partial charge in [-0.3, -0.25) is 9.59 Å². The number of rotatable bonds is 7. The van der Waals surface area contributed by atoms with Crippen LogP contribution < -0.4 is 15.5 Å². The molecule has 0 aliphatic carbocycles. The molecule has 0 spiro atoms. The molecule has 0 aliphatic heterocycles. The average Bonchev–Trinajstić information content (AvgIpc) is 2.67. The molecule has 9 heteroatoms. The topological polar surface area (TPSA) is 117 Å². The lowest BCUT2D eigenvalue weighted by molar-refractivity contribution is -0.139. The molecule has 8 nitrogen and oxygen atoms in total. The third kappa shape index (κ3) is 6.40. The molecule has 0 aromatic heterocycles. The zero-order chi connectivity index (χ0) is 20.5. The maximum atomic E-state index is 12.0. The Bertz CT molecular complexity index is 886. The number of amides is 2. The third-order valence-electron chi connectivity index (χ3n) is 3.55. The van der Waals surface area contributed by atoms with Gasteiger partial charge in [0.25, 0.3) is 0 Å². The maximum Gasteiger partial charge on any atom is 0.341 e. The van der Waals surface area contributed by atoms with Gasteiger partial charge in [0.2, 0.25) is 0 Å². The van der Waals surface area contributed by atoms with E-state index in [0.717, 1.165) is 5.56 Å². The molecule has 0 unspecified atom stereocenters. The number of nitrogens with zero attached hydrogens (tertiary/aromatic N) is 1. The van der Waals surface area contributed by atoms with Gasteiger partial charge in [0, 0.05) is 10.6 Å². The monoisotopic (exact) mass is 403 g/mol. The molecule has 0 radical (unpaired) electrons. The van der Waals surface area contributed by atoms with E-state index < -0.39 is 24.4 Å². The first-order chi connectivity index (χ1) is 13.4. The SMILES string of the molecule is C[C@@H](NC(=O)C(=O)N/N=C\c1cc(Cl)ccc1OCC(=O)O)c1ccccc1. The van der Waals surface area contributed by atoms with Crippen LogP contribution in [0.3, 0.4) is 0 Å². The van der Waals surface area contributed by atoms with Crippen LogP contribution in [0, 0.1) is 0 Å². The molecule has 146 valence electrons. The molecule has 0 fully saturated rings. The summed E-state index contributed by atoms with van der Waals surface area (Å²) in [6, 6.07) is 13.3. The molecule has 3 N–H and O–H groups in total. The second-order valence-corrected chi connectivity index (χ2v) is 6.11. The number of hydrogen-bond donors (Lipinski definition) is 3. The van der Waals surface area contributed by atoms with Gasteiger partial charge in [0.05, 0.1) is 12.3 Å². The van der Waals surface area contributed by atoms with Crippen molar-refractivity contribution in [3.8, 4) is 5.75 Å². The van der Waals surface area contributed by atoms with Crippen molar-refractivity contribution in [3.63, 3.8) is 0 Å². The number of hydrogen-bond acceptors (Lipinski definition) is 5. The predicted octanol–water partition coefficient (Wildman–Crippen LogP) is 2.13. The highest BCUT2D eigenvalue weighted by molar-refractivity contribution is 6.35. The van der Waals surface area contributed by atoms with Crippen molar-refractivity contribution in [2.24, 2.45) is 5.10 Å². The Labute approximate surface area is 166 Å². The smallest absolute Gasteiger partial charge is 0.341 e. The van der Waals surface area contributed by atoms with Gasteiger partial charge in [-0.15, -0.1) is 0 Å². The van der Waals surface area contributed by atoms with Gasteiger partial charge in [0.1, 0.15) is 5.75 Å². The summed E-state index contributed by atoms with van der Waals surface area (Å²) in [7, 11) is 0. The fourth-order valence-corrected chi connectivity index (χ4v) is 2.37. The molecule has 2 aromatic carbocycles. The van der Waals surface area contributed by atoms with Crippen LogP contribution >= 0.6 is 11.6 Å². The summed E-state index contributed by atoms with van der Waals surface area (Å²) in [5.41, 5.74) is 3.30. The summed E-state index contributed by atoms with van der Waals surface area (Å²) in [6.45, 7) is 1.20. The lowest BCUT2D eigenvalue weighted by Gasteiger charge is -2.13. The van der Waals surface area contributed by atoms with Gasteiger partial charge >= 0.3 is 17.8 Å². The molecular formula is C19H18ClN3O5. The Morgan fingerprint density at radius 3 is 2.57 bits per heavy atom. The molecule has 0 heterocycles. The lowest BCUT2D eigenvalue weighted by Crippen LogP contribution is -2.39. The van der Waals surface area contributed by atoms with Crippen molar-refractivity contribution in [1.29, 1.82) is 0 Å². The molecule has 28 heavy (non-hydrogen) atoms. The van der Waals surface area contributed by atoms with Crippen molar-refractivity contribution in [1.82, 2.24) is 10.7 Å². The zero-order valence-corrected chi connectivity index (χ0v) is 15.6. The Balaban J connectivity index is 1.96. The predicted molar refractivity (Wildman–Crippen MR) is 103 cm³/mol. The number of benzene rings is 2. The van der Waals surface area contributed by atoms with Crippen molar-refractivity contribution >= 4 is 35.6 Å². The normalized spacial score (nSPS) is 11.6. The van der Waals surface area contributed by atoms with E-state index >= 15 is 0 Å². The van der Waals surface area contributed by atoms with E-state index in [-0.39, 0.29) is 11.8 Å². The summed E-state index contributed by atoms with van der Waals surface area (Å²) in [5.74, 6) is -2.72. The molecule has 0 bridgehead atoms. The Morgan fingerprint density at radius 1 is 1.18 bits per heavy atom. The molecule has 0 aliphatic rings. The second kappa shape index (κ2) is 10.1. The standard InChI is InChI=1S/C19H18ClN3O5/c1-12(13-5-3-2-4-6-13)22-18(26)19(27)23-21-10-14-9-15(20)7-8-16(14)28-11-17(24)25/h2-10,12H,11H2,1H3,(H,22,26)(H,23,27)(H,24,25)/b21-10-/t12-/m1/s1. The third-order valence-corrected chi connectivity index (χ3v) is 3.78. The summed E-state index contributed by atoms with van der Waals surface area (Å²) >= 11 is 5.90. The van der Waals surface area contributed by atoms with Crippen LogP contribution in [0.1, 0.15) is 24.1 Å². The highest BCUT2D eigenvalue weighted by Crippen LogP contribution is 2.21. The van der Waals surface area contributed by atoms with Gasteiger partial charge in [-0.1, -0.05) is 41.9 Å². The first kappa shape index (κ1) is 20.9. The number of hydrazone groups is 1. The van der Waals surface area contributed by atoms with Crippen LogP contribution in [0.4, 0.5) is 0 Å². The van der Waals surface area contributed by atoms with E-state index in [2.05, 4.69) is 15.8 Å². The second-order valence-electron chi connectivity index (χ2n) is 5.67. The molecule has 2 rings (SSSR count). The maximum absolute atomic E-state index is 12.0. The molecule has 0 saturated carbocycles. The largest absolute Gasteiger partial charge is 0.481 e. The van der Waals surface area contributed by atoms with Crippen LogP contribution in [-0.4, -0.2) is 35.7 Å². The number of aliphatic carboxylic acids is 1. The number of halogens is 1. The number of carbonyl (C=O) groups excluding carboxylic acids is 2. The first-order valence-corrected chi connectivity index (χ1v) is 8.57. The van der Waals surface area contributed by atoms with Crippen LogP contribution in [0.2, 0.25) is 5.02 Å². The number of nitrogens with one attached hydrogen (secondary N) is 2. The summed E-state index contributed by atoms with van der Waals surface area (Å²) < 4.78 is 5.12. The fraction of sp³-hybridized carbons (Fsp3) is 0.158. The molecule has 2 amide bonds. The van der Waals surface area contributed by atoms with Gasteiger partial charge < -0.3 is 15.2 Å². The highest BCUT2D eigenvalue weighted by atomic mass is 35.5. The van der Waals surface area contributed by atoms with E-state index in [1.54, 1.807) is 6.92 Å². The van der Waals surface area contributed by atoms with Crippen LogP contribution in [-0.2, 0) is 14.4 Å². The Morgan fingerprint density at radius 2 is 1.89 bits per heavy atom. The first-order valence-electron chi connectivity index (χ1n) is 8.20. The minimum atomic E-state index is -1.14. The van der Waals surface area contributed by atoms with E-state index in [9.17, 15) is 14.4 Å². The van der Waals surface area contributed by atoms with Crippen molar-refractivity contribution in [3.05, 3.63) is 64.7 Å². The number of carboxylic acids is 1. The highest BCUT2D eigenvalue weighted by Gasteiger charge is 2.16. The van der Waals surface area contributed by atoms with Crippen molar-refractivity contribution < 1.29 is 24.2 Å². The fourth-order valence-electron chi connectivity index (χ4n) is 2.19. The minimum absolute atomic E-state index is 0.215. The average molecular weight is 404 g/mol. The summed E-state index contributed by atoms with van der Waals surface area (Å²) in [6.07, 6.45) is 1.20. The quantitative estimate of drug-likeness (QED) is 0.372. The summed E-state index contributed by atoms with van der Waals surface area (Å²) in [5, 5.41) is 15.3. The van der Waals surface area contributed by atoms with Gasteiger partial charge in [0.15, 0.2) is 6.61 Å². The summed E-state index contributed by atoms with van der Waals surface area (Å²) in [4.78, 5) is 34.5. The van der Waals surface area contributed by atoms with E-state index in [1.165, 1.54) is 24.4 Å². The van der Waals surface area contributed by atoms with E-state index in [4.69, 9.17) is 21.4 Å². The lowest BCUT2D eigenvalue weighted by atomic mass is 10.1. The van der Waals surface area contributed by atoms with Crippen LogP contribution in [0.15, 0.2) is 53.6 Å². The molecular weight excluding hydrogens is 386 g/mol.